The number of benzene rings is 4. The highest BCUT2D eigenvalue weighted by molar-refractivity contribution is 6.31. The lowest BCUT2D eigenvalue weighted by atomic mass is 9.96. The molecule has 7 N–H and O–H groups in total. The summed E-state index contributed by atoms with van der Waals surface area (Å²) in [5, 5.41) is 23.6. The molecule has 4 aromatic carbocycles. The van der Waals surface area contributed by atoms with Crippen LogP contribution >= 0.6 is 11.6 Å². The molecule has 33 heteroatoms. The van der Waals surface area contributed by atoms with E-state index in [1.54, 1.807) is 0 Å². The Kier molecular flexibility index (Phi) is 26.0. The first-order valence-corrected chi connectivity index (χ1v) is 40.5. The average Bonchev–Trinajstić information content (AvgIpc) is 0.835. The van der Waals surface area contributed by atoms with Gasteiger partial charge in [0.05, 0.1) is 75.8 Å². The molecule has 1 saturated carbocycles. The molecule has 118 heavy (non-hydrogen) atoms. The Bertz CT molecular complexity index is 5930. The van der Waals surface area contributed by atoms with Gasteiger partial charge in [-0.05, 0) is 211 Å². The lowest BCUT2D eigenvalue weighted by Gasteiger charge is -2.34. The topological polar surface area (TPSA) is 394 Å². The van der Waals surface area contributed by atoms with Crippen molar-refractivity contribution in [1.29, 1.82) is 0 Å². The molecule has 1 aliphatic carbocycles. The number of nitrogens with one attached hydrogen (secondary N) is 5. The minimum atomic E-state index is -0.716. The SMILES string of the molecule is C=c1nc2c(c(=O)[nH]1)=Nc1cc(C)c(C)cc1N2CCN[C@@H]1CC[C@H](C(=O)O)C1.C=c1nc2c(c(=O)[nH]1)=Nc1cc(C)c(Cl)cc1N2CCN1CCC(C(=O)OCC)CC1.C=c1nc2c(c(=O)[nH]1)=Nc1ccccc1N2CCN1CCC(C(=O)O)CC1.C=c1nc2c(c(=O)[nH]1)=Nc1ccccc1N2CCN1CCC(C(=O)OC(C)(C)C)CC1. The summed E-state index contributed by atoms with van der Waals surface area (Å²) >= 11 is 6.40. The van der Waals surface area contributed by atoms with Crippen LogP contribution < -0.4 is 90.5 Å². The van der Waals surface area contributed by atoms with Gasteiger partial charge in [0.1, 0.15) is 27.5 Å². The maximum atomic E-state index is 12.5. The van der Waals surface area contributed by atoms with Gasteiger partial charge in [0, 0.05) is 63.4 Å². The Morgan fingerprint density at radius 2 is 0.831 bits per heavy atom. The highest BCUT2D eigenvalue weighted by Gasteiger charge is 2.35. The number of H-pyrrole nitrogens is 4. The molecule has 0 radical (unpaired) electrons. The smallest absolute Gasteiger partial charge is 0.309 e. The van der Waals surface area contributed by atoms with Crippen molar-refractivity contribution in [2.75, 3.05) is 118 Å². The molecular weight excluding hydrogens is 1530 g/mol. The third-order valence-corrected chi connectivity index (χ3v) is 22.8. The van der Waals surface area contributed by atoms with Crippen LogP contribution in [0.25, 0.3) is 26.3 Å². The molecule has 8 aliphatic rings. The molecule has 32 nitrogen and oxygen atoms in total. The standard InChI is InChI=1S/C23H29N5O3.C22H26ClN5O3.C21H25N5O3.C19H21N5O3/c1-15-24-20-19(21(29)25-15)26-17-7-5-6-8-18(17)28(20)14-13-27-11-9-16(10-12-27)22(30)31-23(2,3)4;1-4-31-22(30)15-5-7-27(8-6-15)9-10-28-18-12-16(23)13(2)11-17(18)26-19-20(28)24-14(3)25-21(19)29;1-11-8-16-17(9-12(11)2)26(19-18(25-16)20(27)24-13(3)23-19)7-6-22-15-5-4-14(10-15)21(28)29;1-12-20-17-16(18(25)21-12)22-14-4-2-3-5-15(14)24(17)11-10-23-8-6-13(7-9-23)19(26)27/h5-8,16H,1,9-14H2,2-4H3,(H,25,29);11-12,15H,3-10H2,1-2H3,(H,25,29);8-9,14-15,22H,3-7,10H2,1-2H3,(H,24,27)(H,28,29);2-5,13H,1,6-11H2,(H,21,25)(H,26,27)/t;;14-,15+;/m..0./s1. The van der Waals surface area contributed by atoms with E-state index in [0.717, 1.165) is 148 Å². The molecule has 3 saturated heterocycles. The molecule has 4 fully saturated rings. The maximum absolute atomic E-state index is 12.5. The summed E-state index contributed by atoms with van der Waals surface area (Å²) in [6.07, 6.45) is 6.70. The van der Waals surface area contributed by atoms with Gasteiger partial charge >= 0.3 is 23.9 Å². The van der Waals surface area contributed by atoms with Crippen molar-refractivity contribution < 1.29 is 38.9 Å². The second-order valence-corrected chi connectivity index (χ2v) is 32.2. The number of carbonyl (C=O) groups excluding carboxylic acids is 2. The number of halogens is 1. The van der Waals surface area contributed by atoms with E-state index in [-0.39, 0.29) is 69.2 Å². The van der Waals surface area contributed by atoms with E-state index >= 15 is 0 Å². The van der Waals surface area contributed by atoms with Gasteiger partial charge in [-0.3, -0.25) is 38.4 Å². The Morgan fingerprint density at radius 1 is 0.466 bits per heavy atom. The number of carboxylic acid groups (broad SMARTS) is 2. The number of rotatable bonds is 18. The van der Waals surface area contributed by atoms with Crippen LogP contribution in [0.1, 0.15) is 102 Å². The van der Waals surface area contributed by atoms with Crippen LogP contribution in [0.4, 0.5) is 68.8 Å². The lowest BCUT2D eigenvalue weighted by molar-refractivity contribution is -0.161. The van der Waals surface area contributed by atoms with Gasteiger partial charge in [0.2, 0.25) is 0 Å². The number of esters is 2. The van der Waals surface area contributed by atoms with Gasteiger partial charge < -0.3 is 79.2 Å². The van der Waals surface area contributed by atoms with Gasteiger partial charge in [-0.15, -0.1) is 0 Å². The van der Waals surface area contributed by atoms with Crippen LogP contribution in [0.2, 0.25) is 5.02 Å². The van der Waals surface area contributed by atoms with Crippen molar-refractivity contribution in [2.24, 2.45) is 43.6 Å². The molecule has 0 amide bonds. The summed E-state index contributed by atoms with van der Waals surface area (Å²) in [7, 11) is 0. The zero-order valence-electron chi connectivity index (χ0n) is 67.7. The Hall–Kier alpha value is -11.7. The molecule has 0 bridgehead atoms. The van der Waals surface area contributed by atoms with Crippen molar-refractivity contribution >= 4 is 131 Å². The van der Waals surface area contributed by atoms with Crippen LogP contribution in [-0.4, -0.2) is 199 Å². The number of aryl methyl sites for hydroxylation is 3. The first-order valence-electron chi connectivity index (χ1n) is 40.1. The van der Waals surface area contributed by atoms with Gasteiger partial charge in [-0.25, -0.2) is 39.9 Å². The fourth-order valence-corrected chi connectivity index (χ4v) is 16.1. The summed E-state index contributed by atoms with van der Waals surface area (Å²) in [6, 6.07) is 23.4. The van der Waals surface area contributed by atoms with Gasteiger partial charge in [0.25, 0.3) is 22.2 Å². The van der Waals surface area contributed by atoms with E-state index in [9.17, 15) is 43.5 Å². The molecule has 8 aromatic rings. The van der Waals surface area contributed by atoms with Crippen molar-refractivity contribution in [3.05, 3.63) is 179 Å². The number of ether oxygens (including phenoxy) is 2. The number of aromatic amines is 4. The number of aromatic nitrogens is 8. The third kappa shape index (κ3) is 19.6. The predicted molar refractivity (Wildman–Crippen MR) is 451 cm³/mol. The Labute approximate surface area is 684 Å². The van der Waals surface area contributed by atoms with Gasteiger partial charge in [-0.2, -0.15) is 0 Å². The van der Waals surface area contributed by atoms with E-state index in [4.69, 9.17) is 26.2 Å². The molecule has 4 aromatic heterocycles. The number of fused-ring (bicyclic) bond motifs is 8. The largest absolute Gasteiger partial charge is 0.481 e. The molecule has 2 atom stereocenters. The first kappa shape index (κ1) is 84.2. The van der Waals surface area contributed by atoms with E-state index in [2.05, 4.69) is 112 Å². The molecule has 11 heterocycles. The monoisotopic (exact) mass is 1630 g/mol. The van der Waals surface area contributed by atoms with Gasteiger partial charge in [-0.1, -0.05) is 62.2 Å². The maximum Gasteiger partial charge on any atom is 0.309 e. The van der Waals surface area contributed by atoms with Crippen molar-refractivity contribution in [3.63, 3.8) is 0 Å². The van der Waals surface area contributed by atoms with Crippen LogP contribution in [0.3, 0.4) is 0 Å². The highest BCUT2D eigenvalue weighted by Crippen LogP contribution is 2.41. The van der Waals surface area contributed by atoms with Crippen LogP contribution in [-0.2, 0) is 28.7 Å². The van der Waals surface area contributed by atoms with E-state index in [0.29, 0.717) is 137 Å². The summed E-state index contributed by atoms with van der Waals surface area (Å²) in [6.45, 7) is 39.3. The normalized spacial score (nSPS) is 17.6. The number of likely N-dealkylation sites (tertiary alicyclic amines) is 3. The number of anilines is 8. The second kappa shape index (κ2) is 36.4. The number of aliphatic carboxylic acids is 2. The van der Waals surface area contributed by atoms with E-state index in [1.807, 2.05) is 135 Å². The van der Waals surface area contributed by atoms with Crippen LogP contribution in [0, 0.1) is 44.4 Å². The van der Waals surface area contributed by atoms with Crippen molar-refractivity contribution in [2.45, 2.75) is 118 Å². The zero-order valence-corrected chi connectivity index (χ0v) is 68.4. The number of carboxylic acids is 2. The summed E-state index contributed by atoms with van der Waals surface area (Å²) < 4.78 is 10.7. The molecule has 620 valence electrons. The van der Waals surface area contributed by atoms with Crippen molar-refractivity contribution in [1.82, 2.24) is 59.9 Å². The third-order valence-electron chi connectivity index (χ3n) is 22.4. The zero-order chi connectivity index (χ0) is 84.0. The predicted octanol–water partition coefficient (Wildman–Crippen LogP) is 4.88. The second-order valence-electron chi connectivity index (χ2n) is 31.8. The molecule has 0 unspecified atom stereocenters. The summed E-state index contributed by atoms with van der Waals surface area (Å²) in [4.78, 5) is 158. The minimum Gasteiger partial charge on any atom is -0.481 e. The van der Waals surface area contributed by atoms with Crippen LogP contribution in [0.5, 0.6) is 0 Å². The van der Waals surface area contributed by atoms with Gasteiger partial charge in [0.15, 0.2) is 44.7 Å². The fourth-order valence-electron chi connectivity index (χ4n) is 16.0. The first-order chi connectivity index (χ1) is 56.4. The number of piperidine rings is 3. The number of hydrogen-bond donors (Lipinski definition) is 7. The number of para-hydroxylation sites is 4. The molecular formula is C85H101ClN20O12. The van der Waals surface area contributed by atoms with E-state index in [1.165, 1.54) is 0 Å². The highest BCUT2D eigenvalue weighted by atomic mass is 35.5. The lowest BCUT2D eigenvalue weighted by Crippen LogP contribution is -2.45. The number of carbonyl (C=O) groups is 4. The number of hydrogen-bond acceptors (Lipinski definition) is 26. The Balaban J connectivity index is 0.000000137. The number of nitrogens with zero attached hydrogens (tertiary/aromatic N) is 15. The van der Waals surface area contributed by atoms with Crippen LogP contribution in [0.15, 0.2) is 112 Å². The molecule has 7 aliphatic heterocycles. The van der Waals surface area contributed by atoms with Crippen molar-refractivity contribution in [3.8, 4) is 0 Å². The average molecular weight is 1630 g/mol. The summed E-state index contributed by atoms with van der Waals surface area (Å²) in [5.74, 6) is -0.144. The quantitative estimate of drug-likeness (QED) is 0.0563. The van der Waals surface area contributed by atoms with E-state index < -0.39 is 17.5 Å². The molecule has 16 rings (SSSR count). The Morgan fingerprint density at radius 3 is 1.24 bits per heavy atom. The minimum absolute atomic E-state index is 0.0258. The fraction of sp³-hybridized carbons (Fsp3) is 0.435. The summed E-state index contributed by atoms with van der Waals surface area (Å²) in [5.41, 5.74) is 9.21. The molecule has 0 spiro atoms.